The Morgan fingerprint density at radius 3 is 2.63 bits per heavy atom. The summed E-state index contributed by atoms with van der Waals surface area (Å²) in [7, 11) is 0. The van der Waals surface area contributed by atoms with Crippen LogP contribution in [0.15, 0.2) is 70.9 Å². The summed E-state index contributed by atoms with van der Waals surface area (Å²) in [4.78, 5) is 2.53. The van der Waals surface area contributed by atoms with Gasteiger partial charge in [-0.3, -0.25) is 0 Å². The van der Waals surface area contributed by atoms with Crippen LogP contribution in [-0.4, -0.2) is 28.0 Å². The molecule has 1 fully saturated rings. The molecule has 2 aromatic carbocycles. The van der Waals surface area contributed by atoms with Crippen molar-refractivity contribution in [2.24, 2.45) is 11.3 Å². The quantitative estimate of drug-likeness (QED) is 0.253. The molecule has 0 radical (unpaired) electrons. The summed E-state index contributed by atoms with van der Waals surface area (Å²) in [5, 5.41) is 8.97. The minimum atomic E-state index is -0.231. The van der Waals surface area contributed by atoms with Crippen molar-refractivity contribution in [3.05, 3.63) is 100 Å². The second-order valence-corrected chi connectivity index (χ2v) is 11.2. The summed E-state index contributed by atoms with van der Waals surface area (Å²) in [6, 6.07) is 17.3. The molecule has 0 saturated heterocycles. The van der Waals surface area contributed by atoms with E-state index in [2.05, 4.69) is 60.3 Å². The van der Waals surface area contributed by atoms with E-state index in [1.165, 1.54) is 28.8 Å². The maximum Gasteiger partial charge on any atom is 0.157 e. The smallest absolute Gasteiger partial charge is 0.157 e. The van der Waals surface area contributed by atoms with E-state index in [1.807, 2.05) is 17.8 Å². The number of aryl methyl sites for hydroxylation is 3. The van der Waals surface area contributed by atoms with Crippen LogP contribution in [0.5, 0.6) is 0 Å². The van der Waals surface area contributed by atoms with E-state index in [0.717, 1.165) is 73.7 Å². The van der Waals surface area contributed by atoms with Crippen LogP contribution in [0.1, 0.15) is 54.5 Å². The number of anilines is 1. The molecule has 4 aromatic rings. The van der Waals surface area contributed by atoms with Crippen LogP contribution in [0.25, 0.3) is 11.8 Å². The average Bonchev–Trinajstić information content (AvgIpc) is 3.57. The van der Waals surface area contributed by atoms with Crippen molar-refractivity contribution in [3.8, 4) is 5.69 Å². The zero-order valence-electron chi connectivity index (χ0n) is 22.5. The number of allylic oxidation sites excluding steroid dienone is 1. The average molecular weight is 511 g/mol. The molecule has 6 rings (SSSR count). The van der Waals surface area contributed by atoms with E-state index in [1.54, 1.807) is 12.1 Å². The van der Waals surface area contributed by atoms with E-state index >= 15 is 0 Å². The van der Waals surface area contributed by atoms with E-state index in [4.69, 9.17) is 9.62 Å². The third-order valence-electron chi connectivity index (χ3n) is 8.71. The van der Waals surface area contributed by atoms with Gasteiger partial charge in [0.15, 0.2) is 5.76 Å². The monoisotopic (exact) mass is 510 g/mol. The molecule has 0 unspecified atom stereocenters. The van der Waals surface area contributed by atoms with Crippen LogP contribution in [0, 0.1) is 31.0 Å². The lowest BCUT2D eigenvalue weighted by atomic mass is 9.69. The molecule has 1 saturated carbocycles. The minimum absolute atomic E-state index is 0.0836. The van der Waals surface area contributed by atoms with Crippen LogP contribution < -0.4 is 4.90 Å². The van der Waals surface area contributed by atoms with Crippen LogP contribution in [0.4, 0.5) is 10.1 Å². The van der Waals surface area contributed by atoms with Crippen molar-refractivity contribution >= 4 is 11.8 Å². The van der Waals surface area contributed by atoms with Gasteiger partial charge in [0.05, 0.1) is 17.6 Å². The summed E-state index contributed by atoms with van der Waals surface area (Å²) in [5.74, 6) is 1.18. The molecule has 2 atom stereocenters. The number of aromatic nitrogens is 3. The Bertz CT molecular complexity index is 1430. The Balaban J connectivity index is 1.24. The molecule has 0 aliphatic heterocycles. The van der Waals surface area contributed by atoms with Gasteiger partial charge in [-0.2, -0.15) is 5.10 Å². The number of fused-ring (bicyclic) bond motifs is 2. The molecular weight excluding hydrogens is 475 g/mol. The van der Waals surface area contributed by atoms with Gasteiger partial charge in [-0.05, 0) is 98.8 Å². The van der Waals surface area contributed by atoms with Gasteiger partial charge in [0.1, 0.15) is 17.2 Å². The molecule has 2 aromatic heterocycles. The lowest BCUT2D eigenvalue weighted by molar-refractivity contribution is 0.273. The van der Waals surface area contributed by atoms with Crippen LogP contribution in [-0.2, 0) is 12.8 Å². The number of rotatable bonds is 8. The van der Waals surface area contributed by atoms with Gasteiger partial charge >= 0.3 is 0 Å². The Hall–Kier alpha value is -3.67. The zero-order valence-corrected chi connectivity index (χ0v) is 22.5. The Labute approximate surface area is 224 Å². The summed E-state index contributed by atoms with van der Waals surface area (Å²) in [5.41, 5.74) is 8.37. The van der Waals surface area contributed by atoms with Gasteiger partial charge in [0, 0.05) is 13.1 Å². The molecule has 6 heteroatoms. The second-order valence-electron chi connectivity index (χ2n) is 11.2. The zero-order chi connectivity index (χ0) is 26.3. The van der Waals surface area contributed by atoms with Gasteiger partial charge in [0.25, 0.3) is 0 Å². The van der Waals surface area contributed by atoms with Crippen molar-refractivity contribution in [1.29, 1.82) is 0 Å². The summed E-state index contributed by atoms with van der Waals surface area (Å²) >= 11 is 0. The first-order chi connectivity index (χ1) is 18.4. The molecule has 196 valence electrons. The minimum Gasteiger partial charge on any atom is -0.367 e. The first-order valence-electron chi connectivity index (χ1n) is 13.7. The Morgan fingerprint density at radius 1 is 1.11 bits per heavy atom. The normalized spacial score (nSPS) is 20.2. The molecule has 38 heavy (non-hydrogen) atoms. The van der Waals surface area contributed by atoms with Crippen molar-refractivity contribution in [3.63, 3.8) is 0 Å². The standard InChI is InChI=1S/C32H35FN4O/c1-22-31(23(2)38-35-22)36(17-7-10-24-8-5-4-6-9-24)21-27-12-11-26-18-30-25(19-32(26,27)3)20-34-37(30)29-15-13-28(33)14-16-29/h4-6,8-9,13-16,18,20,27H,7,10-12,17,19,21H2,1-3H3/t27-,32+/m1/s1. The van der Waals surface area contributed by atoms with E-state index < -0.39 is 0 Å². The maximum absolute atomic E-state index is 13.5. The number of benzene rings is 2. The third kappa shape index (κ3) is 4.46. The van der Waals surface area contributed by atoms with Gasteiger partial charge < -0.3 is 9.42 Å². The molecule has 5 nitrogen and oxygen atoms in total. The second kappa shape index (κ2) is 9.90. The lowest BCUT2D eigenvalue weighted by Gasteiger charge is -2.39. The molecule has 2 aliphatic carbocycles. The topological polar surface area (TPSA) is 47.1 Å². The van der Waals surface area contributed by atoms with Gasteiger partial charge in [-0.15, -0.1) is 0 Å². The first kappa shape index (κ1) is 24.7. The van der Waals surface area contributed by atoms with Crippen molar-refractivity contribution < 1.29 is 8.91 Å². The Kier molecular flexibility index (Phi) is 6.42. The van der Waals surface area contributed by atoms with Crippen LogP contribution >= 0.6 is 0 Å². The molecular formula is C32H35FN4O. The van der Waals surface area contributed by atoms with E-state index in [-0.39, 0.29) is 11.2 Å². The van der Waals surface area contributed by atoms with Crippen molar-refractivity contribution in [2.45, 2.75) is 52.9 Å². The largest absolute Gasteiger partial charge is 0.367 e. The first-order valence-corrected chi connectivity index (χ1v) is 13.7. The highest BCUT2D eigenvalue weighted by molar-refractivity contribution is 5.62. The van der Waals surface area contributed by atoms with Crippen molar-refractivity contribution in [1.82, 2.24) is 14.9 Å². The lowest BCUT2D eigenvalue weighted by Crippen LogP contribution is -2.39. The summed E-state index contributed by atoms with van der Waals surface area (Å²) in [6.45, 7) is 8.46. The predicted molar refractivity (Wildman–Crippen MR) is 149 cm³/mol. The van der Waals surface area contributed by atoms with Crippen LogP contribution in [0.2, 0.25) is 0 Å². The highest BCUT2D eigenvalue weighted by atomic mass is 19.1. The molecule has 0 bridgehead atoms. The van der Waals surface area contributed by atoms with Crippen molar-refractivity contribution in [2.75, 3.05) is 18.0 Å². The van der Waals surface area contributed by atoms with Gasteiger partial charge in [0.2, 0.25) is 0 Å². The van der Waals surface area contributed by atoms with Gasteiger partial charge in [-0.1, -0.05) is 48.0 Å². The fraction of sp³-hybridized carbons (Fsp3) is 0.375. The molecule has 0 amide bonds. The summed E-state index contributed by atoms with van der Waals surface area (Å²) < 4.78 is 21.1. The third-order valence-corrected chi connectivity index (χ3v) is 8.71. The number of hydrogen-bond acceptors (Lipinski definition) is 4. The number of nitrogens with zero attached hydrogens (tertiary/aromatic N) is 4. The van der Waals surface area contributed by atoms with E-state index in [0.29, 0.717) is 5.92 Å². The van der Waals surface area contributed by atoms with Gasteiger partial charge in [-0.25, -0.2) is 9.07 Å². The maximum atomic E-state index is 13.5. The number of hydrogen-bond donors (Lipinski definition) is 0. The molecule has 2 heterocycles. The summed E-state index contributed by atoms with van der Waals surface area (Å²) in [6.07, 6.45) is 9.71. The fourth-order valence-electron chi connectivity index (χ4n) is 6.62. The molecule has 0 N–H and O–H groups in total. The SMILES string of the molecule is Cc1noc(C)c1N(CCCc1ccccc1)C[C@H]1CCC2=Cc3c(cnn3-c3ccc(F)cc3)C[C@@]21C. The highest BCUT2D eigenvalue weighted by Crippen LogP contribution is 2.53. The van der Waals surface area contributed by atoms with E-state index in [9.17, 15) is 4.39 Å². The predicted octanol–water partition coefficient (Wildman–Crippen LogP) is 7.11. The molecule has 0 spiro atoms. The molecule has 2 aliphatic rings. The van der Waals surface area contributed by atoms with Crippen LogP contribution in [0.3, 0.4) is 0 Å². The number of halogens is 1. The Morgan fingerprint density at radius 2 is 1.89 bits per heavy atom. The fourth-order valence-corrected chi connectivity index (χ4v) is 6.62. The highest BCUT2D eigenvalue weighted by Gasteiger charge is 2.46.